The predicted octanol–water partition coefficient (Wildman–Crippen LogP) is 13.6. The Morgan fingerprint density at radius 2 is 0.792 bits per heavy atom. The molecule has 3 atom stereocenters. The third-order valence-electron chi connectivity index (χ3n) is 11.2. The van der Waals surface area contributed by atoms with Gasteiger partial charge in [0.1, 0.15) is 6.10 Å². The van der Waals surface area contributed by atoms with Crippen LogP contribution in [0.15, 0.2) is 0 Å². The molecular weight excluding hydrogens is 659 g/mol. The SMILES string of the molecule is CCCCCCCCCCCCCCCCCCC(=O)OC(CCCCCCCCC)CC(=O)NC(CO)C(O)CCCCCCCCCCCCC. The molecule has 0 radical (unpaired) electrons. The van der Waals surface area contributed by atoms with E-state index in [9.17, 15) is 19.8 Å². The van der Waals surface area contributed by atoms with Crippen LogP contribution in [0.2, 0.25) is 0 Å². The van der Waals surface area contributed by atoms with E-state index in [1.165, 1.54) is 180 Å². The number of aliphatic hydroxyl groups excluding tert-OH is 2. The Morgan fingerprint density at radius 1 is 0.472 bits per heavy atom. The number of unbranched alkanes of at least 4 members (excludes halogenated alkanes) is 31. The van der Waals surface area contributed by atoms with Gasteiger partial charge in [0.15, 0.2) is 0 Å². The van der Waals surface area contributed by atoms with Gasteiger partial charge in [-0.25, -0.2) is 0 Å². The summed E-state index contributed by atoms with van der Waals surface area (Å²) >= 11 is 0. The molecule has 53 heavy (non-hydrogen) atoms. The van der Waals surface area contributed by atoms with Crippen molar-refractivity contribution in [1.82, 2.24) is 5.32 Å². The minimum Gasteiger partial charge on any atom is -0.462 e. The van der Waals surface area contributed by atoms with E-state index in [1.54, 1.807) is 0 Å². The van der Waals surface area contributed by atoms with Crippen molar-refractivity contribution in [2.24, 2.45) is 0 Å². The molecule has 0 rings (SSSR count). The molecule has 0 aromatic rings. The van der Waals surface area contributed by atoms with Gasteiger partial charge in [0.25, 0.3) is 0 Å². The van der Waals surface area contributed by atoms with E-state index < -0.39 is 18.2 Å². The van der Waals surface area contributed by atoms with E-state index in [4.69, 9.17) is 4.74 Å². The average molecular weight is 752 g/mol. The lowest BCUT2D eigenvalue weighted by Crippen LogP contribution is -2.46. The Kier molecular flexibility index (Phi) is 41.1. The molecule has 0 saturated carbocycles. The van der Waals surface area contributed by atoms with Crippen LogP contribution in [0.5, 0.6) is 0 Å². The molecule has 3 unspecified atom stereocenters. The third-order valence-corrected chi connectivity index (χ3v) is 11.2. The van der Waals surface area contributed by atoms with Crippen molar-refractivity contribution in [3.63, 3.8) is 0 Å². The predicted molar refractivity (Wildman–Crippen MR) is 227 cm³/mol. The number of aliphatic hydroxyl groups is 2. The summed E-state index contributed by atoms with van der Waals surface area (Å²) in [5.41, 5.74) is 0. The first-order valence-corrected chi connectivity index (χ1v) is 23.8. The first-order chi connectivity index (χ1) is 26.0. The Labute approximate surface area is 330 Å². The van der Waals surface area contributed by atoms with Gasteiger partial charge in [-0.3, -0.25) is 9.59 Å². The topological polar surface area (TPSA) is 95.9 Å². The highest BCUT2D eigenvalue weighted by atomic mass is 16.5. The molecule has 0 aromatic carbocycles. The van der Waals surface area contributed by atoms with Gasteiger partial charge in [0, 0.05) is 6.42 Å². The van der Waals surface area contributed by atoms with Crippen molar-refractivity contribution in [2.75, 3.05) is 6.61 Å². The normalized spacial score (nSPS) is 13.2. The van der Waals surface area contributed by atoms with Crippen molar-refractivity contribution in [2.45, 2.75) is 283 Å². The van der Waals surface area contributed by atoms with Gasteiger partial charge < -0.3 is 20.3 Å². The maximum Gasteiger partial charge on any atom is 0.306 e. The minimum absolute atomic E-state index is 0.0855. The van der Waals surface area contributed by atoms with E-state index in [0.717, 1.165) is 38.5 Å². The van der Waals surface area contributed by atoms with Crippen LogP contribution in [0.25, 0.3) is 0 Å². The quantitative estimate of drug-likeness (QED) is 0.0426. The first-order valence-electron chi connectivity index (χ1n) is 23.8. The molecule has 1 amide bonds. The molecule has 0 fully saturated rings. The molecule has 0 aliphatic carbocycles. The second-order valence-electron chi connectivity index (χ2n) is 16.5. The number of carbonyl (C=O) groups excluding carboxylic acids is 2. The van der Waals surface area contributed by atoms with Crippen LogP contribution in [-0.4, -0.2) is 46.9 Å². The summed E-state index contributed by atoms with van der Waals surface area (Å²) in [4.78, 5) is 25.9. The van der Waals surface area contributed by atoms with Gasteiger partial charge in [-0.2, -0.15) is 0 Å². The standard InChI is InChI=1S/C47H93NO5/c1-4-7-10-13-16-18-20-21-22-23-24-26-28-31-34-37-40-47(52)53-43(38-35-32-29-15-12-9-6-3)41-46(51)48-44(42-49)45(50)39-36-33-30-27-25-19-17-14-11-8-5-2/h43-45,49-50H,4-42H2,1-3H3,(H,48,51). The van der Waals surface area contributed by atoms with Crippen molar-refractivity contribution in [3.8, 4) is 0 Å². The average Bonchev–Trinajstić information content (AvgIpc) is 3.15. The highest BCUT2D eigenvalue weighted by Crippen LogP contribution is 2.18. The number of amides is 1. The van der Waals surface area contributed by atoms with E-state index in [1.807, 2.05) is 0 Å². The van der Waals surface area contributed by atoms with E-state index in [2.05, 4.69) is 26.1 Å². The van der Waals surface area contributed by atoms with Gasteiger partial charge in [-0.15, -0.1) is 0 Å². The van der Waals surface area contributed by atoms with Crippen LogP contribution in [0, 0.1) is 0 Å². The minimum atomic E-state index is -0.776. The summed E-state index contributed by atoms with van der Waals surface area (Å²) in [6.07, 6.45) is 43.2. The van der Waals surface area contributed by atoms with Crippen LogP contribution in [0.4, 0.5) is 0 Å². The molecule has 316 valence electrons. The number of hydrogen-bond acceptors (Lipinski definition) is 5. The fourth-order valence-electron chi connectivity index (χ4n) is 7.55. The molecule has 3 N–H and O–H groups in total. The lowest BCUT2D eigenvalue weighted by molar-refractivity contribution is -0.151. The Morgan fingerprint density at radius 3 is 1.15 bits per heavy atom. The number of ether oxygens (including phenoxy) is 1. The molecule has 6 heteroatoms. The zero-order valence-corrected chi connectivity index (χ0v) is 35.9. The smallest absolute Gasteiger partial charge is 0.306 e. The van der Waals surface area contributed by atoms with E-state index in [-0.39, 0.29) is 24.9 Å². The van der Waals surface area contributed by atoms with E-state index in [0.29, 0.717) is 19.3 Å². The largest absolute Gasteiger partial charge is 0.462 e. The fourth-order valence-corrected chi connectivity index (χ4v) is 7.55. The molecule has 0 aliphatic heterocycles. The fraction of sp³-hybridized carbons (Fsp3) is 0.957. The van der Waals surface area contributed by atoms with Crippen molar-refractivity contribution >= 4 is 11.9 Å². The maximum atomic E-state index is 13.1. The highest BCUT2D eigenvalue weighted by molar-refractivity contribution is 5.77. The summed E-state index contributed by atoms with van der Waals surface area (Å²) in [5, 5.41) is 23.6. The van der Waals surface area contributed by atoms with Crippen LogP contribution in [0.3, 0.4) is 0 Å². The molecule has 0 heterocycles. The third kappa shape index (κ3) is 37.6. The summed E-state index contributed by atoms with van der Waals surface area (Å²) in [6.45, 7) is 6.46. The first kappa shape index (κ1) is 51.9. The number of rotatable bonds is 43. The Bertz CT molecular complexity index is 761. The zero-order chi connectivity index (χ0) is 38.9. The molecule has 0 saturated heterocycles. The lowest BCUT2D eigenvalue weighted by atomic mass is 10.0. The van der Waals surface area contributed by atoms with Gasteiger partial charge >= 0.3 is 5.97 Å². The van der Waals surface area contributed by atoms with Crippen LogP contribution in [0.1, 0.15) is 265 Å². The van der Waals surface area contributed by atoms with Crippen LogP contribution in [-0.2, 0) is 14.3 Å². The van der Waals surface area contributed by atoms with Crippen molar-refractivity contribution in [3.05, 3.63) is 0 Å². The Balaban J connectivity index is 4.35. The second kappa shape index (κ2) is 42.0. The van der Waals surface area contributed by atoms with Gasteiger partial charge in [-0.1, -0.05) is 226 Å². The molecule has 0 aromatic heterocycles. The van der Waals surface area contributed by atoms with Crippen LogP contribution < -0.4 is 5.32 Å². The van der Waals surface area contributed by atoms with Crippen molar-refractivity contribution in [1.29, 1.82) is 0 Å². The van der Waals surface area contributed by atoms with Gasteiger partial charge in [0.2, 0.25) is 5.91 Å². The van der Waals surface area contributed by atoms with Gasteiger partial charge in [0.05, 0.1) is 25.2 Å². The lowest BCUT2D eigenvalue weighted by Gasteiger charge is -2.24. The maximum absolute atomic E-state index is 13.1. The highest BCUT2D eigenvalue weighted by Gasteiger charge is 2.24. The Hall–Kier alpha value is -1.14. The number of carbonyl (C=O) groups is 2. The van der Waals surface area contributed by atoms with Crippen LogP contribution >= 0.6 is 0 Å². The van der Waals surface area contributed by atoms with E-state index >= 15 is 0 Å². The number of hydrogen-bond donors (Lipinski definition) is 3. The number of esters is 1. The second-order valence-corrected chi connectivity index (χ2v) is 16.5. The van der Waals surface area contributed by atoms with Crippen molar-refractivity contribution < 1.29 is 24.5 Å². The zero-order valence-electron chi connectivity index (χ0n) is 35.9. The molecule has 0 bridgehead atoms. The summed E-state index contributed by atoms with van der Waals surface area (Å²) < 4.78 is 5.89. The molecule has 6 nitrogen and oxygen atoms in total. The molecule has 0 spiro atoms. The monoisotopic (exact) mass is 752 g/mol. The summed E-state index contributed by atoms with van der Waals surface area (Å²) in [7, 11) is 0. The number of nitrogens with one attached hydrogen (secondary N) is 1. The molecular formula is C47H93NO5. The molecule has 0 aliphatic rings. The summed E-state index contributed by atoms with van der Waals surface area (Å²) in [5.74, 6) is -0.462. The summed E-state index contributed by atoms with van der Waals surface area (Å²) in [6, 6.07) is -0.689. The van der Waals surface area contributed by atoms with Gasteiger partial charge in [-0.05, 0) is 25.7 Å².